The van der Waals surface area contributed by atoms with Crippen molar-refractivity contribution in [3.63, 3.8) is 0 Å². The molecule has 0 unspecified atom stereocenters. The fourth-order valence-corrected chi connectivity index (χ4v) is 3.93. The third kappa shape index (κ3) is 3.57. The van der Waals surface area contributed by atoms with E-state index < -0.39 is 11.6 Å². The van der Waals surface area contributed by atoms with E-state index in [9.17, 15) is 13.6 Å². The normalized spacial score (nSPS) is 16.7. The van der Waals surface area contributed by atoms with Crippen LogP contribution in [0.15, 0.2) is 35.8 Å². The second kappa shape index (κ2) is 7.11. The van der Waals surface area contributed by atoms with Crippen molar-refractivity contribution in [1.29, 1.82) is 0 Å². The number of anilines is 1. The zero-order valence-corrected chi connectivity index (χ0v) is 15.4. The summed E-state index contributed by atoms with van der Waals surface area (Å²) >= 11 is 1.55. The summed E-state index contributed by atoms with van der Waals surface area (Å²) in [4.78, 5) is 21.5. The number of carbonyl (C=O) groups is 1. The number of carbonyl (C=O) groups excluding carboxylic acids is 1. The summed E-state index contributed by atoms with van der Waals surface area (Å²) < 4.78 is 27.9. The lowest BCUT2D eigenvalue weighted by molar-refractivity contribution is 0.0936. The quantitative estimate of drug-likeness (QED) is 0.716. The first kappa shape index (κ1) is 17.7. The molecule has 0 saturated carbocycles. The van der Waals surface area contributed by atoms with Gasteiger partial charge < -0.3 is 15.2 Å². The summed E-state index contributed by atoms with van der Waals surface area (Å²) in [5.74, 6) is -1.42. The Bertz CT molecular complexity index is 964. The number of hydrogen-bond donors (Lipinski definition) is 2. The highest BCUT2D eigenvalue weighted by Crippen LogP contribution is 2.27. The van der Waals surface area contributed by atoms with E-state index in [0.29, 0.717) is 25.2 Å². The predicted molar refractivity (Wildman–Crippen MR) is 101 cm³/mol. The lowest BCUT2D eigenvalue weighted by Gasteiger charge is -2.20. The highest BCUT2D eigenvalue weighted by atomic mass is 32.1. The minimum Gasteiger partial charge on any atom is -0.365 e. The molecular weight excluding hydrogens is 370 g/mol. The van der Waals surface area contributed by atoms with Crippen LogP contribution in [0.1, 0.15) is 21.9 Å². The molecule has 27 heavy (non-hydrogen) atoms. The Morgan fingerprint density at radius 2 is 2.15 bits per heavy atom. The molecule has 0 radical (unpaired) electrons. The molecule has 1 amide bonds. The van der Waals surface area contributed by atoms with Crippen molar-refractivity contribution in [1.82, 2.24) is 15.3 Å². The second-order valence-electron chi connectivity index (χ2n) is 6.53. The lowest BCUT2D eigenvalue weighted by Crippen LogP contribution is -2.37. The number of rotatable bonds is 4. The number of aromatic nitrogens is 2. The summed E-state index contributed by atoms with van der Waals surface area (Å²) in [5, 5.41) is 5.83. The molecule has 1 saturated heterocycles. The zero-order valence-electron chi connectivity index (χ0n) is 14.6. The number of amides is 1. The van der Waals surface area contributed by atoms with Gasteiger partial charge in [0, 0.05) is 36.3 Å². The number of aryl methyl sites for hydroxylation is 1. The van der Waals surface area contributed by atoms with E-state index in [0.717, 1.165) is 16.3 Å². The molecule has 0 bridgehead atoms. The van der Waals surface area contributed by atoms with E-state index in [2.05, 4.69) is 15.3 Å². The van der Waals surface area contributed by atoms with Crippen LogP contribution < -0.4 is 10.2 Å². The van der Waals surface area contributed by atoms with Gasteiger partial charge in [0.2, 0.25) is 0 Å². The van der Waals surface area contributed by atoms with E-state index in [1.54, 1.807) is 28.5 Å². The summed E-state index contributed by atoms with van der Waals surface area (Å²) in [6.45, 7) is 2.78. The SMILES string of the molecule is Cc1nc(-c2c[nH]c(C(=O)N[C@H]3CCN(c4c(F)cccc4F)C3)c2)cs1. The standard InChI is InChI=1S/C19H18F2N4OS/c1-11-23-17(10-27-11)12-7-16(22-8-12)19(26)24-13-5-6-25(9-13)18-14(20)3-2-4-15(18)21/h2-4,7-8,10,13,22H,5-6,9H2,1H3,(H,24,26)/t13-/m0/s1. The average Bonchev–Trinajstić information content (AvgIpc) is 3.35. The van der Waals surface area contributed by atoms with Crippen molar-refractivity contribution in [3.05, 3.63) is 58.2 Å². The Labute approximate surface area is 159 Å². The van der Waals surface area contributed by atoms with Crippen molar-refractivity contribution in [3.8, 4) is 11.3 Å². The van der Waals surface area contributed by atoms with Gasteiger partial charge in [-0.2, -0.15) is 0 Å². The number of nitrogens with zero attached hydrogens (tertiary/aromatic N) is 2. The summed E-state index contributed by atoms with van der Waals surface area (Å²) in [7, 11) is 0. The number of benzene rings is 1. The van der Waals surface area contributed by atoms with Crippen LogP contribution in [0.2, 0.25) is 0 Å². The van der Waals surface area contributed by atoms with E-state index in [4.69, 9.17) is 0 Å². The summed E-state index contributed by atoms with van der Waals surface area (Å²) in [6.07, 6.45) is 2.37. The number of hydrogen-bond acceptors (Lipinski definition) is 4. The summed E-state index contributed by atoms with van der Waals surface area (Å²) in [5.41, 5.74) is 2.09. The molecule has 1 fully saturated rings. The fourth-order valence-electron chi connectivity index (χ4n) is 3.30. The van der Waals surface area contributed by atoms with Crippen LogP contribution in [-0.4, -0.2) is 35.0 Å². The number of nitrogens with one attached hydrogen (secondary N) is 2. The molecule has 0 aliphatic carbocycles. The Kier molecular flexibility index (Phi) is 4.65. The molecule has 3 heterocycles. The maximum atomic E-state index is 13.9. The van der Waals surface area contributed by atoms with Gasteiger partial charge in [-0.15, -0.1) is 11.3 Å². The second-order valence-corrected chi connectivity index (χ2v) is 7.59. The highest BCUT2D eigenvalue weighted by molar-refractivity contribution is 7.09. The highest BCUT2D eigenvalue weighted by Gasteiger charge is 2.28. The van der Waals surface area contributed by atoms with Crippen LogP contribution in [0.3, 0.4) is 0 Å². The molecule has 2 aromatic heterocycles. The molecule has 0 spiro atoms. The Morgan fingerprint density at radius 3 is 2.85 bits per heavy atom. The molecule has 3 aromatic rings. The van der Waals surface area contributed by atoms with Crippen molar-refractivity contribution >= 4 is 22.9 Å². The smallest absolute Gasteiger partial charge is 0.267 e. The fraction of sp³-hybridized carbons (Fsp3) is 0.263. The first-order valence-corrected chi connectivity index (χ1v) is 9.50. The number of aromatic amines is 1. The van der Waals surface area contributed by atoms with Crippen LogP contribution in [0.25, 0.3) is 11.3 Å². The molecule has 4 rings (SSSR count). The largest absolute Gasteiger partial charge is 0.365 e. The van der Waals surface area contributed by atoms with Crippen molar-refractivity contribution in [2.75, 3.05) is 18.0 Å². The molecule has 5 nitrogen and oxygen atoms in total. The Morgan fingerprint density at radius 1 is 1.37 bits per heavy atom. The molecule has 8 heteroatoms. The number of para-hydroxylation sites is 1. The van der Waals surface area contributed by atoms with Gasteiger partial charge in [-0.1, -0.05) is 6.07 Å². The van der Waals surface area contributed by atoms with Gasteiger partial charge in [0.05, 0.1) is 10.7 Å². The molecule has 1 aliphatic rings. The van der Waals surface area contributed by atoms with Crippen LogP contribution in [0.5, 0.6) is 0 Å². The van der Waals surface area contributed by atoms with Crippen molar-refractivity contribution in [2.45, 2.75) is 19.4 Å². The maximum absolute atomic E-state index is 13.9. The Balaban J connectivity index is 1.42. The van der Waals surface area contributed by atoms with Crippen molar-refractivity contribution < 1.29 is 13.6 Å². The third-order valence-electron chi connectivity index (χ3n) is 4.62. The first-order chi connectivity index (χ1) is 13.0. The van der Waals surface area contributed by atoms with Crippen LogP contribution in [-0.2, 0) is 0 Å². The zero-order chi connectivity index (χ0) is 19.0. The topological polar surface area (TPSA) is 61.0 Å². The maximum Gasteiger partial charge on any atom is 0.267 e. The lowest BCUT2D eigenvalue weighted by atomic mass is 10.2. The minimum absolute atomic E-state index is 0.0321. The van der Waals surface area contributed by atoms with E-state index in [1.165, 1.54) is 18.2 Å². The van der Waals surface area contributed by atoms with Gasteiger partial charge in [0.15, 0.2) is 0 Å². The van der Waals surface area contributed by atoms with Crippen molar-refractivity contribution in [2.24, 2.45) is 0 Å². The summed E-state index contributed by atoms with van der Waals surface area (Å²) in [6, 6.07) is 5.41. The van der Waals surface area contributed by atoms with Gasteiger partial charge in [-0.3, -0.25) is 4.79 Å². The van der Waals surface area contributed by atoms with Crippen LogP contribution in [0.4, 0.5) is 14.5 Å². The third-order valence-corrected chi connectivity index (χ3v) is 5.39. The number of H-pyrrole nitrogens is 1. The van der Waals surface area contributed by atoms with Crippen LogP contribution in [0, 0.1) is 18.6 Å². The minimum atomic E-state index is -0.588. The molecule has 2 N–H and O–H groups in total. The predicted octanol–water partition coefficient (Wildman–Crippen LogP) is 3.73. The number of halogens is 2. The molecular formula is C19H18F2N4OS. The van der Waals surface area contributed by atoms with Gasteiger partial charge in [0.1, 0.15) is 23.0 Å². The first-order valence-electron chi connectivity index (χ1n) is 8.62. The van der Waals surface area contributed by atoms with E-state index in [1.807, 2.05) is 12.3 Å². The monoisotopic (exact) mass is 388 g/mol. The van der Waals surface area contributed by atoms with Gasteiger partial charge in [-0.25, -0.2) is 13.8 Å². The van der Waals surface area contributed by atoms with E-state index in [-0.39, 0.29) is 17.6 Å². The Hall–Kier alpha value is -2.74. The molecule has 1 aliphatic heterocycles. The average molecular weight is 388 g/mol. The number of thiazole rings is 1. The molecule has 1 atom stereocenters. The van der Waals surface area contributed by atoms with Gasteiger partial charge in [0.25, 0.3) is 5.91 Å². The van der Waals surface area contributed by atoms with E-state index >= 15 is 0 Å². The van der Waals surface area contributed by atoms with Gasteiger partial charge in [-0.05, 0) is 31.5 Å². The van der Waals surface area contributed by atoms with Gasteiger partial charge >= 0.3 is 0 Å². The molecule has 140 valence electrons. The molecule has 1 aromatic carbocycles. The van der Waals surface area contributed by atoms with Crippen LogP contribution >= 0.6 is 11.3 Å².